The van der Waals surface area contributed by atoms with Crippen LogP contribution in [0.4, 0.5) is 0 Å². The quantitative estimate of drug-likeness (QED) is 0.0282. The molecule has 0 aliphatic rings. The molecule has 0 bridgehead atoms. The molecule has 8 heteroatoms. The normalized spacial score (nSPS) is 13.2. The van der Waals surface area contributed by atoms with Crippen LogP contribution in [-0.2, 0) is 28.6 Å². The van der Waals surface area contributed by atoms with Crippen LogP contribution in [0.25, 0.3) is 0 Å². The van der Waals surface area contributed by atoms with Gasteiger partial charge in [0.05, 0.1) is 34.4 Å². The van der Waals surface area contributed by atoms with Crippen molar-refractivity contribution in [2.24, 2.45) is 0 Å². The largest absolute Gasteiger partial charge is 0.477 e. The third kappa shape index (κ3) is 40.9. The molecule has 60 heavy (non-hydrogen) atoms. The molecule has 8 nitrogen and oxygen atoms in total. The van der Waals surface area contributed by atoms with Crippen molar-refractivity contribution in [2.75, 3.05) is 41.0 Å². The number of likely N-dealkylation sites (N-methyl/N-ethyl adjacent to an activating group) is 1. The highest BCUT2D eigenvalue weighted by Crippen LogP contribution is 2.15. The van der Waals surface area contributed by atoms with Gasteiger partial charge in [0.1, 0.15) is 6.61 Å². The third-order valence-electron chi connectivity index (χ3n) is 11.3. The van der Waals surface area contributed by atoms with Crippen LogP contribution < -0.4 is 0 Å². The molecule has 0 aromatic carbocycles. The fraction of sp³-hybridized carbons (Fsp3) is 0.827. The topological polar surface area (TPSA) is 99.1 Å². The summed E-state index contributed by atoms with van der Waals surface area (Å²) in [4.78, 5) is 37.1. The van der Waals surface area contributed by atoms with Gasteiger partial charge in [0.2, 0.25) is 0 Å². The van der Waals surface area contributed by atoms with Crippen LogP contribution in [0.15, 0.2) is 36.5 Å². The maximum Gasteiger partial charge on any atom is 0.362 e. The average molecular weight is 847 g/mol. The molecule has 0 saturated heterocycles. The molecule has 0 spiro atoms. The van der Waals surface area contributed by atoms with Crippen LogP contribution in [0.5, 0.6) is 0 Å². The Labute approximate surface area is 370 Å². The second-order valence-electron chi connectivity index (χ2n) is 18.0. The molecule has 350 valence electrons. The Hall–Kier alpha value is -2.45. The number of aliphatic carboxylic acids is 1. The molecular formula is C52H96NO7+. The van der Waals surface area contributed by atoms with Crippen LogP contribution in [0.1, 0.15) is 226 Å². The molecule has 0 aliphatic carbocycles. The van der Waals surface area contributed by atoms with Gasteiger partial charge in [-0.3, -0.25) is 9.59 Å². The van der Waals surface area contributed by atoms with E-state index in [-0.39, 0.29) is 36.2 Å². The first kappa shape index (κ1) is 57.5. The van der Waals surface area contributed by atoms with Crippen LogP contribution in [0.3, 0.4) is 0 Å². The molecule has 0 saturated carbocycles. The van der Waals surface area contributed by atoms with Gasteiger partial charge < -0.3 is 23.8 Å². The number of carbonyl (C=O) groups excluding carboxylic acids is 2. The fourth-order valence-corrected chi connectivity index (χ4v) is 7.42. The number of allylic oxidation sites excluding steroid dienone is 6. The summed E-state index contributed by atoms with van der Waals surface area (Å²) >= 11 is 0. The number of carboxylic acid groups (broad SMARTS) is 1. The highest BCUT2D eigenvalue weighted by molar-refractivity contribution is 5.72. The molecule has 0 rings (SSSR count). The molecule has 0 aromatic rings. The minimum absolute atomic E-state index is 0.0549. The van der Waals surface area contributed by atoms with Crippen LogP contribution >= 0.6 is 0 Å². The Morgan fingerprint density at radius 2 is 0.933 bits per heavy atom. The van der Waals surface area contributed by atoms with Gasteiger partial charge in [-0.2, -0.15) is 0 Å². The molecule has 2 atom stereocenters. The zero-order valence-corrected chi connectivity index (χ0v) is 39.9. The maximum absolute atomic E-state index is 12.7. The van der Waals surface area contributed by atoms with Crippen molar-refractivity contribution in [3.63, 3.8) is 0 Å². The minimum atomic E-state index is -0.876. The zero-order valence-electron chi connectivity index (χ0n) is 39.9. The number of hydrogen-bond acceptors (Lipinski definition) is 6. The van der Waals surface area contributed by atoms with Crippen molar-refractivity contribution >= 4 is 17.9 Å². The first-order valence-electron chi connectivity index (χ1n) is 25.0. The SMILES string of the molecule is CC/C=C/C/C=C/CCCCCCCCCC(=O)OC(COCCC(C(=O)O)[N+](C)(C)C)COC(=O)CCCCCCCCC/C=C/CCCCCCCCCCCCC. The molecule has 0 fully saturated rings. The van der Waals surface area contributed by atoms with Gasteiger partial charge >= 0.3 is 17.9 Å². The number of ether oxygens (including phenoxy) is 3. The van der Waals surface area contributed by atoms with E-state index in [2.05, 4.69) is 50.3 Å². The monoisotopic (exact) mass is 847 g/mol. The number of quaternary nitrogens is 1. The maximum atomic E-state index is 12.7. The van der Waals surface area contributed by atoms with Crippen molar-refractivity contribution in [1.29, 1.82) is 0 Å². The number of carboxylic acids is 1. The van der Waals surface area contributed by atoms with Gasteiger partial charge in [-0.05, 0) is 64.2 Å². The Morgan fingerprint density at radius 3 is 1.38 bits per heavy atom. The molecule has 0 heterocycles. The first-order valence-corrected chi connectivity index (χ1v) is 25.0. The van der Waals surface area contributed by atoms with E-state index < -0.39 is 18.1 Å². The van der Waals surface area contributed by atoms with Crippen LogP contribution in [-0.4, -0.2) is 80.6 Å². The van der Waals surface area contributed by atoms with Gasteiger partial charge in [-0.1, -0.05) is 179 Å². The van der Waals surface area contributed by atoms with E-state index in [1.807, 2.05) is 21.1 Å². The van der Waals surface area contributed by atoms with Crippen molar-refractivity contribution < 1.29 is 38.2 Å². The standard InChI is InChI=1S/C52H95NO7/c1-6-8-10-12-14-16-18-20-22-23-24-25-26-27-28-29-31-32-34-36-38-40-42-50(54)59-47-48(46-58-45-44-49(52(56)57)53(3,4)5)60-51(55)43-41-39-37-35-33-30-21-19-17-15-13-11-9-7-2/h9,11,15,17,26-27,48-49H,6-8,10,12-14,16,18-25,28-47H2,1-5H3/p+1/b11-9+,17-15+,27-26+. The Bertz CT molecular complexity index is 1080. The van der Waals surface area contributed by atoms with Crippen molar-refractivity contribution in [3.8, 4) is 0 Å². The lowest BCUT2D eigenvalue weighted by Gasteiger charge is -2.31. The van der Waals surface area contributed by atoms with Gasteiger partial charge in [0, 0.05) is 19.3 Å². The Kier molecular flexibility index (Phi) is 41.4. The van der Waals surface area contributed by atoms with Gasteiger partial charge in [-0.25, -0.2) is 4.79 Å². The van der Waals surface area contributed by atoms with Crippen molar-refractivity contribution in [2.45, 2.75) is 238 Å². The average Bonchev–Trinajstić information content (AvgIpc) is 3.21. The predicted octanol–water partition coefficient (Wildman–Crippen LogP) is 14.2. The molecule has 0 aromatic heterocycles. The molecule has 0 radical (unpaired) electrons. The zero-order chi connectivity index (χ0) is 44.2. The summed E-state index contributed by atoms with van der Waals surface area (Å²) in [5, 5.41) is 9.64. The van der Waals surface area contributed by atoms with Gasteiger partial charge in [0.25, 0.3) is 0 Å². The summed E-state index contributed by atoms with van der Waals surface area (Å²) in [7, 11) is 5.53. The van der Waals surface area contributed by atoms with Crippen molar-refractivity contribution in [1.82, 2.24) is 0 Å². The summed E-state index contributed by atoms with van der Waals surface area (Å²) < 4.78 is 17.3. The summed E-state index contributed by atoms with van der Waals surface area (Å²) in [6.07, 6.45) is 50.5. The van der Waals surface area contributed by atoms with Gasteiger partial charge in [0.15, 0.2) is 12.1 Å². The van der Waals surface area contributed by atoms with E-state index in [4.69, 9.17) is 14.2 Å². The van der Waals surface area contributed by atoms with E-state index in [9.17, 15) is 19.5 Å². The third-order valence-corrected chi connectivity index (χ3v) is 11.3. The number of nitrogens with zero attached hydrogens (tertiary/aromatic N) is 1. The van der Waals surface area contributed by atoms with Gasteiger partial charge in [-0.15, -0.1) is 0 Å². The van der Waals surface area contributed by atoms with E-state index in [0.717, 1.165) is 57.8 Å². The fourth-order valence-electron chi connectivity index (χ4n) is 7.42. The lowest BCUT2D eigenvalue weighted by atomic mass is 10.0. The number of hydrogen-bond donors (Lipinski definition) is 1. The summed E-state index contributed by atoms with van der Waals surface area (Å²) in [6, 6.07) is -0.616. The second-order valence-corrected chi connectivity index (χ2v) is 18.0. The lowest BCUT2D eigenvalue weighted by molar-refractivity contribution is -0.887. The molecule has 0 aliphatic heterocycles. The van der Waals surface area contributed by atoms with E-state index in [1.165, 1.54) is 135 Å². The van der Waals surface area contributed by atoms with Crippen LogP contribution in [0.2, 0.25) is 0 Å². The van der Waals surface area contributed by atoms with E-state index in [0.29, 0.717) is 19.3 Å². The lowest BCUT2D eigenvalue weighted by Crippen LogP contribution is -2.50. The number of esters is 2. The minimum Gasteiger partial charge on any atom is -0.477 e. The molecule has 1 N–H and O–H groups in total. The number of unbranched alkanes of at least 4 members (excludes halogenated alkanes) is 25. The molecule has 0 amide bonds. The Balaban J connectivity index is 4.21. The number of rotatable bonds is 45. The smallest absolute Gasteiger partial charge is 0.362 e. The summed E-state index contributed by atoms with van der Waals surface area (Å²) in [5.41, 5.74) is 0. The summed E-state index contributed by atoms with van der Waals surface area (Å²) in [6.45, 7) is 4.64. The number of carbonyl (C=O) groups is 3. The highest BCUT2D eigenvalue weighted by Gasteiger charge is 2.31. The van der Waals surface area contributed by atoms with E-state index >= 15 is 0 Å². The first-order chi connectivity index (χ1) is 29.1. The summed E-state index contributed by atoms with van der Waals surface area (Å²) in [5.74, 6) is -1.48. The molecule has 2 unspecified atom stereocenters. The van der Waals surface area contributed by atoms with Crippen molar-refractivity contribution in [3.05, 3.63) is 36.5 Å². The highest BCUT2D eigenvalue weighted by atomic mass is 16.6. The van der Waals surface area contributed by atoms with E-state index in [1.54, 1.807) is 0 Å². The molecular weight excluding hydrogens is 751 g/mol. The predicted molar refractivity (Wildman–Crippen MR) is 252 cm³/mol. The Morgan fingerprint density at radius 1 is 0.517 bits per heavy atom. The van der Waals surface area contributed by atoms with Crippen LogP contribution in [0, 0.1) is 0 Å². The second kappa shape index (κ2) is 43.2.